The molecule has 0 atom stereocenters. The predicted molar refractivity (Wildman–Crippen MR) is 128 cm³/mol. The van der Waals surface area contributed by atoms with E-state index in [1.54, 1.807) is 0 Å². The number of nitrogens with zero attached hydrogens (tertiary/aromatic N) is 1. The highest BCUT2D eigenvalue weighted by molar-refractivity contribution is 5.47. The quantitative estimate of drug-likeness (QED) is 0.175. The first kappa shape index (κ1) is 25.0. The smallest absolute Gasteiger partial charge is 0.104 e. The zero-order chi connectivity index (χ0) is 20.5. The topological polar surface area (TPSA) is 0 Å². The van der Waals surface area contributed by atoms with Gasteiger partial charge in [0.15, 0.2) is 0 Å². The minimum Gasteiger partial charge on any atom is -0.320 e. The van der Waals surface area contributed by atoms with Crippen LogP contribution in [0.25, 0.3) is 6.08 Å². The fraction of sp³-hybridized carbons (Fsp3) is 0.704. The zero-order valence-electron chi connectivity index (χ0n) is 19.4. The fourth-order valence-electron chi connectivity index (χ4n) is 4.40. The van der Waals surface area contributed by atoms with Crippen molar-refractivity contribution in [2.75, 3.05) is 19.6 Å². The first-order valence-electron chi connectivity index (χ1n) is 12.3. The van der Waals surface area contributed by atoms with Gasteiger partial charge < -0.3 is 4.48 Å². The average Bonchev–Trinajstić information content (AvgIpc) is 2.72. The van der Waals surface area contributed by atoms with Gasteiger partial charge in [0, 0.05) is 5.56 Å². The van der Waals surface area contributed by atoms with Gasteiger partial charge in [0.2, 0.25) is 0 Å². The summed E-state index contributed by atoms with van der Waals surface area (Å²) in [5.41, 5.74) is 2.76. The van der Waals surface area contributed by atoms with Gasteiger partial charge in [-0.1, -0.05) is 90.2 Å². The van der Waals surface area contributed by atoms with Crippen LogP contribution >= 0.6 is 0 Å². The summed E-state index contributed by atoms with van der Waals surface area (Å²) in [6, 6.07) is 9.09. The van der Waals surface area contributed by atoms with E-state index in [1.807, 2.05) is 6.08 Å². The summed E-state index contributed by atoms with van der Waals surface area (Å²) in [4.78, 5) is 0. The molecule has 0 fully saturated rings. The number of unbranched alkanes of at least 4 members (excludes halogenated alkanes) is 9. The minimum atomic E-state index is 1.20. The molecular weight excluding hydrogens is 338 g/mol. The molecule has 160 valence electrons. The van der Waals surface area contributed by atoms with Gasteiger partial charge in [-0.2, -0.15) is 0 Å². The SMILES string of the molecule is C=Cc1cccc(C[N+](CCCCCC)(CCCCCC)CCCCCC)c1. The van der Waals surface area contributed by atoms with E-state index in [0.29, 0.717) is 0 Å². The second-order valence-corrected chi connectivity index (χ2v) is 8.80. The van der Waals surface area contributed by atoms with Crippen LogP contribution in [-0.2, 0) is 6.54 Å². The van der Waals surface area contributed by atoms with Crippen molar-refractivity contribution in [2.24, 2.45) is 0 Å². The summed E-state index contributed by atoms with van der Waals surface area (Å²) in [5.74, 6) is 0. The third kappa shape index (κ3) is 10.5. The van der Waals surface area contributed by atoms with Crippen molar-refractivity contribution in [3.8, 4) is 0 Å². The van der Waals surface area contributed by atoms with E-state index in [2.05, 4.69) is 51.6 Å². The number of hydrogen-bond donors (Lipinski definition) is 0. The average molecular weight is 387 g/mol. The first-order chi connectivity index (χ1) is 13.7. The van der Waals surface area contributed by atoms with Crippen LogP contribution in [-0.4, -0.2) is 24.1 Å². The Morgan fingerprint density at radius 2 is 1.21 bits per heavy atom. The lowest BCUT2D eigenvalue weighted by Crippen LogP contribution is -2.49. The molecule has 0 unspecified atom stereocenters. The highest BCUT2D eigenvalue weighted by atomic mass is 15.3. The number of hydrogen-bond acceptors (Lipinski definition) is 0. The van der Waals surface area contributed by atoms with Crippen molar-refractivity contribution >= 4 is 6.08 Å². The molecule has 0 saturated carbocycles. The van der Waals surface area contributed by atoms with Crippen molar-refractivity contribution in [1.82, 2.24) is 0 Å². The van der Waals surface area contributed by atoms with Crippen molar-refractivity contribution in [3.05, 3.63) is 42.0 Å². The van der Waals surface area contributed by atoms with Gasteiger partial charge in [0.05, 0.1) is 19.6 Å². The molecule has 0 amide bonds. The van der Waals surface area contributed by atoms with Crippen molar-refractivity contribution in [2.45, 2.75) is 104 Å². The molecule has 1 heteroatoms. The Kier molecular flexibility index (Phi) is 14.1. The first-order valence-corrected chi connectivity index (χ1v) is 12.3. The number of rotatable bonds is 18. The molecule has 0 saturated heterocycles. The highest BCUT2D eigenvalue weighted by Gasteiger charge is 2.26. The summed E-state index contributed by atoms with van der Waals surface area (Å²) in [6.07, 6.45) is 18.5. The summed E-state index contributed by atoms with van der Waals surface area (Å²) < 4.78 is 1.30. The molecular formula is C27H48N+. The van der Waals surface area contributed by atoms with Crippen molar-refractivity contribution in [1.29, 1.82) is 0 Å². The second kappa shape index (κ2) is 15.8. The summed E-state index contributed by atoms with van der Waals surface area (Å²) >= 11 is 0. The zero-order valence-corrected chi connectivity index (χ0v) is 19.4. The molecule has 28 heavy (non-hydrogen) atoms. The maximum Gasteiger partial charge on any atom is 0.104 e. The molecule has 0 spiro atoms. The molecule has 0 N–H and O–H groups in total. The van der Waals surface area contributed by atoms with Crippen LogP contribution < -0.4 is 0 Å². The van der Waals surface area contributed by atoms with Crippen LogP contribution in [0.2, 0.25) is 0 Å². The van der Waals surface area contributed by atoms with Crippen molar-refractivity contribution < 1.29 is 4.48 Å². The van der Waals surface area contributed by atoms with E-state index in [4.69, 9.17) is 0 Å². The molecule has 0 heterocycles. The van der Waals surface area contributed by atoms with E-state index in [0.717, 1.165) is 0 Å². The number of quaternary nitrogens is 1. The van der Waals surface area contributed by atoms with Gasteiger partial charge in [0.1, 0.15) is 6.54 Å². The third-order valence-electron chi connectivity index (χ3n) is 6.16. The number of benzene rings is 1. The van der Waals surface area contributed by atoms with Crippen LogP contribution in [0.15, 0.2) is 30.8 Å². The molecule has 1 rings (SSSR count). The van der Waals surface area contributed by atoms with Crippen LogP contribution in [0.1, 0.15) is 109 Å². The Bertz CT molecular complexity index is 473. The molecule has 0 aromatic heterocycles. The van der Waals surface area contributed by atoms with Crippen LogP contribution in [0.5, 0.6) is 0 Å². The molecule has 1 aromatic carbocycles. The Morgan fingerprint density at radius 1 is 0.714 bits per heavy atom. The lowest BCUT2D eigenvalue weighted by atomic mass is 10.0. The van der Waals surface area contributed by atoms with Gasteiger partial charge in [-0.05, 0) is 50.2 Å². The van der Waals surface area contributed by atoms with E-state index in [1.165, 1.54) is 119 Å². The molecule has 0 radical (unpaired) electrons. The van der Waals surface area contributed by atoms with Gasteiger partial charge in [-0.25, -0.2) is 0 Å². The Labute approximate surface area is 176 Å². The van der Waals surface area contributed by atoms with Crippen molar-refractivity contribution in [3.63, 3.8) is 0 Å². The Balaban J connectivity index is 2.90. The summed E-state index contributed by atoms with van der Waals surface area (Å²) in [7, 11) is 0. The van der Waals surface area contributed by atoms with E-state index in [-0.39, 0.29) is 0 Å². The van der Waals surface area contributed by atoms with Crippen LogP contribution in [0, 0.1) is 0 Å². The molecule has 0 bridgehead atoms. The van der Waals surface area contributed by atoms with Gasteiger partial charge in [-0.3, -0.25) is 0 Å². The van der Waals surface area contributed by atoms with E-state index >= 15 is 0 Å². The van der Waals surface area contributed by atoms with E-state index < -0.39 is 0 Å². The third-order valence-corrected chi connectivity index (χ3v) is 6.16. The normalized spacial score (nSPS) is 11.7. The largest absolute Gasteiger partial charge is 0.320 e. The van der Waals surface area contributed by atoms with Gasteiger partial charge in [-0.15, -0.1) is 0 Å². The second-order valence-electron chi connectivity index (χ2n) is 8.80. The van der Waals surface area contributed by atoms with Gasteiger partial charge in [0.25, 0.3) is 0 Å². The maximum atomic E-state index is 3.97. The van der Waals surface area contributed by atoms with Crippen LogP contribution in [0.4, 0.5) is 0 Å². The molecule has 1 aromatic rings. The van der Waals surface area contributed by atoms with Crippen LogP contribution in [0.3, 0.4) is 0 Å². The van der Waals surface area contributed by atoms with E-state index in [9.17, 15) is 0 Å². The summed E-state index contributed by atoms with van der Waals surface area (Å²) in [6.45, 7) is 16.2. The monoisotopic (exact) mass is 386 g/mol. The highest BCUT2D eigenvalue weighted by Crippen LogP contribution is 2.22. The molecule has 0 aliphatic rings. The lowest BCUT2D eigenvalue weighted by Gasteiger charge is -2.39. The molecule has 0 aliphatic carbocycles. The maximum absolute atomic E-state index is 3.97. The Morgan fingerprint density at radius 3 is 1.64 bits per heavy atom. The molecule has 0 aliphatic heterocycles. The standard InChI is InChI=1S/C27H48N/c1-5-9-12-15-21-28(22-16-13-10-6-2,23-17-14-11-7-3)25-27-20-18-19-26(8-4)24-27/h8,18-20,24H,4-7,9-17,21-23,25H2,1-3H3/q+1. The lowest BCUT2D eigenvalue weighted by molar-refractivity contribution is -0.941. The minimum absolute atomic E-state index is 1.20. The Hall–Kier alpha value is -1.08. The van der Waals surface area contributed by atoms with Gasteiger partial charge >= 0.3 is 0 Å². The summed E-state index contributed by atoms with van der Waals surface area (Å²) in [5, 5.41) is 0. The predicted octanol–water partition coefficient (Wildman–Crippen LogP) is 8.39. The fourth-order valence-corrected chi connectivity index (χ4v) is 4.40. The molecule has 1 nitrogen and oxygen atoms in total.